The molecule has 1 fully saturated rings. The fourth-order valence-corrected chi connectivity index (χ4v) is 4.43. The van der Waals surface area contributed by atoms with E-state index in [0.29, 0.717) is 15.6 Å². The van der Waals surface area contributed by atoms with Crippen molar-refractivity contribution in [2.75, 3.05) is 6.54 Å². The van der Waals surface area contributed by atoms with Crippen LogP contribution in [0.5, 0.6) is 0 Å². The summed E-state index contributed by atoms with van der Waals surface area (Å²) in [4.78, 5) is 0. The second-order valence-electron chi connectivity index (χ2n) is 5.15. The Bertz CT molecular complexity index is 561. The zero-order chi connectivity index (χ0) is 14.8. The molecule has 1 aromatic rings. The van der Waals surface area contributed by atoms with E-state index in [1.54, 1.807) is 18.2 Å². The van der Waals surface area contributed by atoms with Gasteiger partial charge in [0, 0.05) is 22.1 Å². The number of benzene rings is 1. The van der Waals surface area contributed by atoms with Gasteiger partial charge in [0.1, 0.15) is 0 Å². The topological polar surface area (TPSA) is 58.2 Å². The number of piperidine rings is 1. The van der Waals surface area contributed by atoms with E-state index in [-0.39, 0.29) is 30.2 Å². The number of nitrogens with one attached hydrogen (secondary N) is 2. The van der Waals surface area contributed by atoms with E-state index in [0.717, 1.165) is 19.4 Å². The average Bonchev–Trinajstić information content (AvgIpc) is 2.29. The number of hydrogen-bond acceptors (Lipinski definition) is 3. The first kappa shape index (κ1) is 19.0. The highest BCUT2D eigenvalue weighted by Crippen LogP contribution is 2.21. The lowest BCUT2D eigenvalue weighted by atomic mass is 10.0. The van der Waals surface area contributed by atoms with E-state index in [4.69, 9.17) is 23.2 Å². The SMILES string of the molecule is CC1NCCCC1NS(=O)(=O)Cc1cc(Cl)cc(Cl)c1.Cl. The minimum Gasteiger partial charge on any atom is -0.313 e. The predicted molar refractivity (Wildman–Crippen MR) is 90.0 cm³/mol. The Kier molecular flexibility index (Phi) is 7.24. The molecule has 0 bridgehead atoms. The largest absolute Gasteiger partial charge is 0.313 e. The smallest absolute Gasteiger partial charge is 0.216 e. The molecular formula is C13H19Cl3N2O2S. The van der Waals surface area contributed by atoms with Crippen LogP contribution in [0.4, 0.5) is 0 Å². The van der Waals surface area contributed by atoms with Crippen molar-refractivity contribution in [1.82, 2.24) is 10.0 Å². The van der Waals surface area contributed by atoms with Crippen molar-refractivity contribution in [3.8, 4) is 0 Å². The molecule has 0 aromatic heterocycles. The van der Waals surface area contributed by atoms with Crippen LogP contribution in [0.3, 0.4) is 0 Å². The first-order chi connectivity index (χ1) is 9.35. The highest BCUT2D eigenvalue weighted by molar-refractivity contribution is 7.88. The molecule has 2 rings (SSSR count). The Hall–Kier alpha value is -0.0400. The van der Waals surface area contributed by atoms with Crippen LogP contribution in [0.2, 0.25) is 10.0 Å². The molecule has 2 unspecified atom stereocenters. The second kappa shape index (κ2) is 7.99. The third-order valence-electron chi connectivity index (χ3n) is 3.37. The van der Waals surface area contributed by atoms with Crippen molar-refractivity contribution in [3.63, 3.8) is 0 Å². The summed E-state index contributed by atoms with van der Waals surface area (Å²) in [5.74, 6) is -0.115. The van der Waals surface area contributed by atoms with Crippen molar-refractivity contribution in [1.29, 1.82) is 0 Å². The Labute approximate surface area is 142 Å². The summed E-state index contributed by atoms with van der Waals surface area (Å²) in [5.41, 5.74) is 0.589. The van der Waals surface area contributed by atoms with Gasteiger partial charge in [-0.05, 0) is 50.1 Å². The zero-order valence-electron chi connectivity index (χ0n) is 11.6. The van der Waals surface area contributed by atoms with Crippen molar-refractivity contribution >= 4 is 45.6 Å². The first-order valence-electron chi connectivity index (χ1n) is 6.54. The Morgan fingerprint density at radius 2 is 1.90 bits per heavy atom. The molecule has 0 aliphatic carbocycles. The lowest BCUT2D eigenvalue weighted by Gasteiger charge is -2.30. The fourth-order valence-electron chi connectivity index (χ4n) is 2.39. The quantitative estimate of drug-likeness (QED) is 0.853. The van der Waals surface area contributed by atoms with E-state index in [1.165, 1.54) is 0 Å². The maximum Gasteiger partial charge on any atom is 0.216 e. The monoisotopic (exact) mass is 372 g/mol. The van der Waals surface area contributed by atoms with Crippen LogP contribution in [0.25, 0.3) is 0 Å². The first-order valence-corrected chi connectivity index (χ1v) is 8.95. The van der Waals surface area contributed by atoms with Crippen LogP contribution >= 0.6 is 35.6 Å². The summed E-state index contributed by atoms with van der Waals surface area (Å²) in [7, 11) is -3.41. The van der Waals surface area contributed by atoms with Crippen molar-refractivity contribution in [3.05, 3.63) is 33.8 Å². The predicted octanol–water partition coefficient (Wildman–Crippen LogP) is 2.98. The van der Waals surface area contributed by atoms with Gasteiger partial charge in [-0.1, -0.05) is 23.2 Å². The third kappa shape index (κ3) is 5.93. The maximum atomic E-state index is 12.2. The standard InChI is InChI=1S/C13H18Cl2N2O2S.ClH/c1-9-13(3-2-4-16-9)17-20(18,19)8-10-5-11(14)7-12(15)6-10;/h5-7,9,13,16-17H,2-4,8H2,1H3;1H. The van der Waals surface area contributed by atoms with Crippen LogP contribution in [0, 0.1) is 0 Å². The molecule has 1 aliphatic heterocycles. The summed E-state index contributed by atoms with van der Waals surface area (Å²) in [6.45, 7) is 2.92. The average molecular weight is 374 g/mol. The Morgan fingerprint density at radius 3 is 2.48 bits per heavy atom. The van der Waals surface area contributed by atoms with Gasteiger partial charge < -0.3 is 5.32 Å². The maximum absolute atomic E-state index is 12.2. The van der Waals surface area contributed by atoms with Gasteiger partial charge in [0.15, 0.2) is 0 Å². The third-order valence-corrected chi connectivity index (χ3v) is 5.18. The van der Waals surface area contributed by atoms with Crippen molar-refractivity contribution in [2.24, 2.45) is 0 Å². The lowest BCUT2D eigenvalue weighted by Crippen LogP contribution is -2.52. The lowest BCUT2D eigenvalue weighted by molar-refractivity contribution is 0.348. The van der Waals surface area contributed by atoms with Gasteiger partial charge >= 0.3 is 0 Å². The van der Waals surface area contributed by atoms with Crippen molar-refractivity contribution in [2.45, 2.75) is 37.6 Å². The number of hydrogen-bond donors (Lipinski definition) is 2. The summed E-state index contributed by atoms with van der Waals surface area (Å²) >= 11 is 11.8. The van der Waals surface area contributed by atoms with Crippen LogP contribution in [-0.2, 0) is 15.8 Å². The second-order valence-corrected chi connectivity index (χ2v) is 7.77. The molecule has 2 atom stereocenters. The van der Waals surface area contributed by atoms with Crippen LogP contribution in [0.1, 0.15) is 25.3 Å². The molecule has 0 saturated carbocycles. The molecule has 1 aliphatic rings. The summed E-state index contributed by atoms with van der Waals surface area (Å²) in [6, 6.07) is 4.90. The molecule has 21 heavy (non-hydrogen) atoms. The molecule has 1 saturated heterocycles. The van der Waals surface area contributed by atoms with Gasteiger partial charge in [-0.25, -0.2) is 13.1 Å². The van der Waals surface area contributed by atoms with Crippen LogP contribution in [0.15, 0.2) is 18.2 Å². The van der Waals surface area contributed by atoms with Crippen LogP contribution < -0.4 is 10.0 Å². The molecular weight excluding hydrogens is 355 g/mol. The van der Waals surface area contributed by atoms with Gasteiger partial charge in [0.2, 0.25) is 10.0 Å². The summed E-state index contributed by atoms with van der Waals surface area (Å²) < 4.78 is 27.2. The van der Waals surface area contributed by atoms with Gasteiger partial charge in [0.25, 0.3) is 0 Å². The number of rotatable bonds is 4. The van der Waals surface area contributed by atoms with Crippen LogP contribution in [-0.4, -0.2) is 27.0 Å². The molecule has 1 aromatic carbocycles. The highest BCUT2D eigenvalue weighted by Gasteiger charge is 2.25. The molecule has 0 amide bonds. The van der Waals surface area contributed by atoms with Gasteiger partial charge in [-0.15, -0.1) is 12.4 Å². The van der Waals surface area contributed by atoms with E-state index in [9.17, 15) is 8.42 Å². The van der Waals surface area contributed by atoms with E-state index < -0.39 is 10.0 Å². The molecule has 1 heterocycles. The minimum absolute atomic E-state index is 0. The summed E-state index contributed by atoms with van der Waals surface area (Å²) in [6.07, 6.45) is 1.82. The highest BCUT2D eigenvalue weighted by atomic mass is 35.5. The Balaban J connectivity index is 0.00000220. The van der Waals surface area contributed by atoms with Crippen molar-refractivity contribution < 1.29 is 8.42 Å². The molecule has 2 N–H and O–H groups in total. The molecule has 4 nitrogen and oxygen atoms in total. The fraction of sp³-hybridized carbons (Fsp3) is 0.538. The van der Waals surface area contributed by atoms with Gasteiger partial charge in [-0.2, -0.15) is 0 Å². The number of halogens is 3. The molecule has 8 heteroatoms. The van der Waals surface area contributed by atoms with E-state index >= 15 is 0 Å². The molecule has 0 radical (unpaired) electrons. The summed E-state index contributed by atoms with van der Waals surface area (Å²) in [5, 5.41) is 4.15. The normalized spacial score (nSPS) is 22.6. The minimum atomic E-state index is -3.41. The Morgan fingerprint density at radius 1 is 1.29 bits per heavy atom. The van der Waals surface area contributed by atoms with E-state index in [2.05, 4.69) is 10.0 Å². The van der Waals surface area contributed by atoms with E-state index in [1.807, 2.05) is 6.92 Å². The molecule has 120 valence electrons. The molecule has 0 spiro atoms. The van der Waals surface area contributed by atoms with Gasteiger partial charge in [-0.3, -0.25) is 0 Å². The number of sulfonamides is 1. The van der Waals surface area contributed by atoms with Gasteiger partial charge in [0.05, 0.1) is 5.75 Å². The zero-order valence-corrected chi connectivity index (χ0v) is 14.7.